The molecule has 1 aromatic heterocycles. The highest BCUT2D eigenvalue weighted by atomic mass is 79.9. The van der Waals surface area contributed by atoms with Crippen LogP contribution in [0.4, 0.5) is 0 Å². The summed E-state index contributed by atoms with van der Waals surface area (Å²) in [5.74, 6) is 0.344. The lowest BCUT2D eigenvalue weighted by Gasteiger charge is -2.11. The van der Waals surface area contributed by atoms with E-state index in [1.807, 2.05) is 6.20 Å². The van der Waals surface area contributed by atoms with Crippen LogP contribution in [0.1, 0.15) is 4.88 Å². The fourth-order valence-corrected chi connectivity index (χ4v) is 2.88. The molecule has 2 heterocycles. The Hall–Kier alpha value is 0.0300. The molecule has 2 atom stereocenters. The molecule has 1 saturated heterocycles. The Kier molecular flexibility index (Phi) is 2.98. The molecule has 0 radical (unpaired) electrons. The molecule has 1 aromatic rings. The first-order chi connectivity index (χ1) is 6.27. The first-order valence-corrected chi connectivity index (χ1v) is 5.82. The maximum Gasteiger partial charge on any atom is 0.0708 e. The normalized spacial score (nSPS) is 28.2. The second kappa shape index (κ2) is 4.04. The third kappa shape index (κ3) is 2.10. The monoisotopic (exact) mass is 262 g/mol. The van der Waals surface area contributed by atoms with E-state index < -0.39 is 0 Å². The summed E-state index contributed by atoms with van der Waals surface area (Å²) in [6, 6.07) is 0. The Labute approximate surface area is 89.5 Å². The summed E-state index contributed by atoms with van der Waals surface area (Å²) in [4.78, 5) is 1.23. The molecule has 72 valence electrons. The number of aliphatic hydroxyl groups excluding tert-OH is 1. The summed E-state index contributed by atoms with van der Waals surface area (Å²) in [7, 11) is 0. The van der Waals surface area contributed by atoms with Crippen molar-refractivity contribution in [2.75, 3.05) is 13.1 Å². The van der Waals surface area contributed by atoms with Crippen molar-refractivity contribution >= 4 is 27.5 Å². The molecule has 1 fully saturated rings. The molecule has 2 rings (SSSR count). The van der Waals surface area contributed by atoms with Crippen molar-refractivity contribution in [2.45, 2.75) is 12.5 Å². The Balaban J connectivity index is 2.01. The lowest BCUT2D eigenvalue weighted by atomic mass is 10.0. The highest BCUT2D eigenvalue weighted by molar-refractivity contribution is 9.10. The van der Waals surface area contributed by atoms with Crippen LogP contribution in [0.3, 0.4) is 0 Å². The molecule has 3 nitrogen and oxygen atoms in total. The topological polar surface area (TPSA) is 45.1 Å². The number of halogens is 1. The molecule has 13 heavy (non-hydrogen) atoms. The molecule has 0 bridgehead atoms. The van der Waals surface area contributed by atoms with E-state index in [2.05, 4.69) is 25.6 Å². The number of nitrogens with zero attached hydrogens (tertiary/aromatic N) is 1. The summed E-state index contributed by atoms with van der Waals surface area (Å²) < 4.78 is 5.15. The zero-order valence-electron chi connectivity index (χ0n) is 7.03. The number of aliphatic hydroxyl groups is 1. The minimum absolute atomic E-state index is 0.200. The molecule has 0 amide bonds. The molecule has 1 aliphatic rings. The van der Waals surface area contributed by atoms with Crippen LogP contribution >= 0.6 is 27.5 Å². The van der Waals surface area contributed by atoms with Crippen molar-refractivity contribution in [1.82, 2.24) is 9.69 Å². The van der Waals surface area contributed by atoms with Crippen molar-refractivity contribution in [3.8, 4) is 0 Å². The highest BCUT2D eigenvalue weighted by Crippen LogP contribution is 2.25. The van der Waals surface area contributed by atoms with Gasteiger partial charge in [-0.1, -0.05) is 0 Å². The van der Waals surface area contributed by atoms with Crippen molar-refractivity contribution in [1.29, 1.82) is 0 Å². The van der Waals surface area contributed by atoms with Gasteiger partial charge in [0.15, 0.2) is 0 Å². The van der Waals surface area contributed by atoms with Crippen LogP contribution in [0.5, 0.6) is 0 Å². The number of hydrogen-bond donors (Lipinski definition) is 2. The van der Waals surface area contributed by atoms with E-state index in [4.69, 9.17) is 0 Å². The van der Waals surface area contributed by atoms with E-state index in [9.17, 15) is 5.11 Å². The molecule has 1 aliphatic heterocycles. The Morgan fingerprint density at radius 1 is 1.69 bits per heavy atom. The Morgan fingerprint density at radius 2 is 2.54 bits per heavy atom. The van der Waals surface area contributed by atoms with E-state index in [1.54, 1.807) is 0 Å². The van der Waals surface area contributed by atoms with Gasteiger partial charge >= 0.3 is 0 Å². The SMILES string of the molecule is O[C@@H]1CNC[C@H]1Cc1sncc1Br. The van der Waals surface area contributed by atoms with Gasteiger partial charge in [0, 0.05) is 23.9 Å². The fourth-order valence-electron chi connectivity index (χ4n) is 1.55. The lowest BCUT2D eigenvalue weighted by Crippen LogP contribution is -2.19. The maximum atomic E-state index is 9.59. The quantitative estimate of drug-likeness (QED) is 0.837. The van der Waals surface area contributed by atoms with Gasteiger partial charge < -0.3 is 10.4 Å². The van der Waals surface area contributed by atoms with E-state index in [0.717, 1.165) is 24.0 Å². The van der Waals surface area contributed by atoms with Gasteiger partial charge in [-0.05, 0) is 33.9 Å². The average Bonchev–Trinajstić information content (AvgIpc) is 2.65. The third-order valence-corrected chi connectivity index (χ3v) is 4.11. The van der Waals surface area contributed by atoms with Crippen molar-refractivity contribution in [3.63, 3.8) is 0 Å². The van der Waals surface area contributed by atoms with E-state index in [1.165, 1.54) is 16.4 Å². The minimum atomic E-state index is -0.200. The van der Waals surface area contributed by atoms with Gasteiger partial charge in [0.2, 0.25) is 0 Å². The first-order valence-electron chi connectivity index (χ1n) is 4.25. The first kappa shape index (κ1) is 9.58. The van der Waals surface area contributed by atoms with Gasteiger partial charge in [0.05, 0.1) is 16.8 Å². The van der Waals surface area contributed by atoms with Crippen LogP contribution < -0.4 is 5.32 Å². The average molecular weight is 263 g/mol. The molecular weight excluding hydrogens is 252 g/mol. The number of nitrogens with one attached hydrogen (secondary N) is 1. The standard InChI is InChI=1S/C8H11BrN2OS/c9-6-3-11-13-8(6)1-5-2-10-4-7(5)12/h3,5,7,10,12H,1-2,4H2/t5-,7-/m1/s1. The molecule has 0 unspecified atom stereocenters. The zero-order chi connectivity index (χ0) is 9.26. The van der Waals surface area contributed by atoms with Crippen molar-refractivity contribution in [2.24, 2.45) is 5.92 Å². The second-order valence-electron chi connectivity index (χ2n) is 3.29. The van der Waals surface area contributed by atoms with Crippen molar-refractivity contribution < 1.29 is 5.11 Å². The third-order valence-electron chi connectivity index (χ3n) is 2.35. The number of aromatic nitrogens is 1. The summed E-state index contributed by atoms with van der Waals surface area (Å²) in [6.45, 7) is 1.63. The van der Waals surface area contributed by atoms with Gasteiger partial charge in [-0.15, -0.1) is 0 Å². The second-order valence-corrected chi connectivity index (χ2v) is 5.03. The minimum Gasteiger partial charge on any atom is -0.391 e. The molecule has 0 spiro atoms. The fraction of sp³-hybridized carbons (Fsp3) is 0.625. The summed E-state index contributed by atoms with van der Waals surface area (Å²) in [5, 5.41) is 12.8. The van der Waals surface area contributed by atoms with Crippen molar-refractivity contribution in [3.05, 3.63) is 15.5 Å². The zero-order valence-corrected chi connectivity index (χ0v) is 9.44. The van der Waals surface area contributed by atoms with Crippen LogP contribution in [0.2, 0.25) is 0 Å². The molecule has 5 heteroatoms. The van der Waals surface area contributed by atoms with E-state index in [-0.39, 0.29) is 6.10 Å². The van der Waals surface area contributed by atoms with Gasteiger partial charge in [0.1, 0.15) is 0 Å². The number of rotatable bonds is 2. The van der Waals surface area contributed by atoms with Crippen LogP contribution in [-0.2, 0) is 6.42 Å². The smallest absolute Gasteiger partial charge is 0.0708 e. The lowest BCUT2D eigenvalue weighted by molar-refractivity contribution is 0.148. The van der Waals surface area contributed by atoms with Crippen LogP contribution in [0.15, 0.2) is 10.7 Å². The molecule has 0 saturated carbocycles. The predicted octanol–water partition coefficient (Wildman–Crippen LogP) is 1.03. The number of β-amino-alcohol motifs (C(OH)–C–C–N with tert-alkyl or cyclic N) is 1. The van der Waals surface area contributed by atoms with Gasteiger partial charge in [-0.2, -0.15) is 4.37 Å². The van der Waals surface area contributed by atoms with Gasteiger partial charge in [-0.25, -0.2) is 0 Å². The predicted molar refractivity (Wildman–Crippen MR) is 55.9 cm³/mol. The van der Waals surface area contributed by atoms with Crippen LogP contribution in [0.25, 0.3) is 0 Å². The highest BCUT2D eigenvalue weighted by Gasteiger charge is 2.25. The summed E-state index contributed by atoms with van der Waals surface area (Å²) >= 11 is 4.94. The Morgan fingerprint density at radius 3 is 3.08 bits per heavy atom. The van der Waals surface area contributed by atoms with E-state index >= 15 is 0 Å². The maximum absolute atomic E-state index is 9.59. The number of hydrogen-bond acceptors (Lipinski definition) is 4. The Bertz CT molecular complexity index is 291. The van der Waals surface area contributed by atoms with Crippen LogP contribution in [0, 0.1) is 5.92 Å². The summed E-state index contributed by atoms with van der Waals surface area (Å²) in [5.41, 5.74) is 0. The van der Waals surface area contributed by atoms with E-state index in [0.29, 0.717) is 5.92 Å². The molecule has 0 aliphatic carbocycles. The van der Waals surface area contributed by atoms with Gasteiger partial charge in [0.25, 0.3) is 0 Å². The summed E-state index contributed by atoms with van der Waals surface area (Å²) in [6.07, 6.45) is 2.53. The molecule has 2 N–H and O–H groups in total. The molecular formula is C8H11BrN2OS. The largest absolute Gasteiger partial charge is 0.391 e. The van der Waals surface area contributed by atoms with Gasteiger partial charge in [-0.3, -0.25) is 0 Å². The van der Waals surface area contributed by atoms with Crippen LogP contribution in [-0.4, -0.2) is 28.7 Å². The molecule has 0 aromatic carbocycles.